The summed E-state index contributed by atoms with van der Waals surface area (Å²) in [4.78, 5) is 7.90. The van der Waals surface area contributed by atoms with Crippen molar-refractivity contribution in [2.75, 3.05) is 19.6 Å². The summed E-state index contributed by atoms with van der Waals surface area (Å²) in [6.45, 7) is 0. The van der Waals surface area contributed by atoms with Gasteiger partial charge in [0.15, 0.2) is 46.5 Å². The van der Waals surface area contributed by atoms with Crippen LogP contribution in [0.3, 0.4) is 0 Å². The Kier molecular flexibility index (Phi) is 20.5. The molecule has 0 fully saturated rings. The minimum Gasteiger partial charge on any atom is -0.310 e. The van der Waals surface area contributed by atoms with E-state index in [0.717, 1.165) is 132 Å². The summed E-state index contributed by atoms with van der Waals surface area (Å²) in [6.07, 6.45) is 0. The second-order valence-electron chi connectivity index (χ2n) is 31.6. The van der Waals surface area contributed by atoms with Crippen molar-refractivity contribution in [1.82, 2.24) is 0 Å². The highest BCUT2D eigenvalue weighted by Gasteiger charge is 2.30. The van der Waals surface area contributed by atoms with Crippen LogP contribution in [0.1, 0.15) is 0 Å². The van der Waals surface area contributed by atoms with Crippen LogP contribution in [-0.4, -0.2) is 0 Å². The van der Waals surface area contributed by atoms with Crippen molar-refractivity contribution in [2.45, 2.75) is 0 Å². The Morgan fingerprint density at radius 3 is 0.539 bits per heavy atom. The number of anilines is 12. The van der Waals surface area contributed by atoms with Crippen LogP contribution in [0.4, 0.5) is 103 Å². The van der Waals surface area contributed by atoms with E-state index in [-0.39, 0.29) is 22.3 Å². The van der Waals surface area contributed by atoms with Crippen LogP contribution < -0.4 is 19.6 Å². The van der Waals surface area contributed by atoms with Gasteiger partial charge in [0.05, 0.1) is 22.7 Å². The van der Waals surface area contributed by atoms with E-state index >= 15 is 35.1 Å². The van der Waals surface area contributed by atoms with Crippen molar-refractivity contribution >= 4 is 133 Å². The van der Waals surface area contributed by atoms with Gasteiger partial charge in [-0.2, -0.15) is 0 Å². The van der Waals surface area contributed by atoms with E-state index in [1.807, 2.05) is 250 Å². The lowest BCUT2D eigenvalue weighted by molar-refractivity contribution is 0.511. The van der Waals surface area contributed by atoms with E-state index in [1.54, 1.807) is 97.1 Å². The summed E-state index contributed by atoms with van der Waals surface area (Å²) in [5.74, 6) is -7.50. The van der Waals surface area contributed by atoms with Crippen molar-refractivity contribution in [3.63, 3.8) is 0 Å². The lowest BCUT2D eigenvalue weighted by Crippen LogP contribution is -2.12. The van der Waals surface area contributed by atoms with E-state index in [2.05, 4.69) is 84.9 Å². The quantitative estimate of drug-likeness (QED) is 0.0627. The zero-order chi connectivity index (χ0) is 86.6. The molecule has 612 valence electrons. The summed E-state index contributed by atoms with van der Waals surface area (Å²) >= 11 is 0. The van der Waals surface area contributed by atoms with Gasteiger partial charge in [0, 0.05) is 114 Å². The van der Waals surface area contributed by atoms with Gasteiger partial charge in [0.2, 0.25) is 0 Å². The number of halogens is 8. The van der Waals surface area contributed by atoms with Crippen molar-refractivity contribution in [3.05, 3.63) is 483 Å². The van der Waals surface area contributed by atoms with Crippen LogP contribution in [0.15, 0.2) is 437 Å². The molecule has 0 aliphatic carbocycles. The number of hydrogen-bond acceptors (Lipinski definition) is 4. The fraction of sp³-hybridized carbons (Fsp3) is 0. The summed E-state index contributed by atoms with van der Waals surface area (Å²) in [5.41, 5.74) is 14.9. The van der Waals surface area contributed by atoms with Gasteiger partial charge < -0.3 is 19.6 Å². The molecule has 0 saturated carbocycles. The first-order valence-electron chi connectivity index (χ1n) is 42.0. The first-order chi connectivity index (χ1) is 62.8. The smallest absolute Gasteiger partial charge is 0.166 e. The second-order valence-corrected chi connectivity index (χ2v) is 31.6. The molecule has 0 amide bonds. The topological polar surface area (TPSA) is 13.0 Å². The molecule has 0 unspecified atom stereocenters. The van der Waals surface area contributed by atoms with Gasteiger partial charge in [-0.3, -0.25) is 0 Å². The highest BCUT2D eigenvalue weighted by atomic mass is 19.2. The fourth-order valence-electron chi connectivity index (χ4n) is 18.2. The minimum absolute atomic E-state index is 0.147. The Labute approximate surface area is 733 Å². The Morgan fingerprint density at radius 2 is 0.320 bits per heavy atom. The lowest BCUT2D eigenvalue weighted by atomic mass is 9.91. The zero-order valence-corrected chi connectivity index (χ0v) is 68.4. The molecule has 0 atom stereocenters. The van der Waals surface area contributed by atoms with E-state index in [4.69, 9.17) is 0 Å². The number of para-hydroxylation sites is 2. The monoisotopic (exact) mass is 1670 g/mol. The molecule has 0 N–H and O–H groups in total. The first-order valence-corrected chi connectivity index (χ1v) is 42.0. The fourth-order valence-corrected chi connectivity index (χ4v) is 18.2. The van der Waals surface area contributed by atoms with Gasteiger partial charge >= 0.3 is 0 Å². The predicted octanol–water partition coefficient (Wildman–Crippen LogP) is 34.2. The number of hydrogen-bond donors (Lipinski definition) is 0. The van der Waals surface area contributed by atoms with Crippen LogP contribution in [0.25, 0.3) is 131 Å². The van der Waals surface area contributed by atoms with Crippen LogP contribution in [0.5, 0.6) is 0 Å². The summed E-state index contributed by atoms with van der Waals surface area (Å²) in [6, 6.07) is 136. The molecule has 0 saturated heterocycles. The molecule has 0 aliphatic rings. The van der Waals surface area contributed by atoms with Crippen LogP contribution in [0, 0.1) is 46.5 Å². The third-order valence-corrected chi connectivity index (χ3v) is 24.1. The lowest BCUT2D eigenvalue weighted by Gasteiger charge is -2.30. The zero-order valence-electron chi connectivity index (χ0n) is 68.4. The van der Waals surface area contributed by atoms with E-state index in [9.17, 15) is 0 Å². The molecule has 0 aliphatic heterocycles. The SMILES string of the molecule is Fc1cc(N(c2ccc(-c3ccccc3)cc2)c2ccc3ccc4c(N(c5ccc(-c6ccccc6)cc5)c5cc(F)c(F)c(-c6ccccc6)c5)ccc5ccc2c3c54)cc(-c2ccccc2)c1F.Fc1cc(N(c2ccccc2)c2ccc3ccc4c(N(c5ccccc5)c5cc(F)c(F)c(-c6ccccc6)c5)ccc5ccc2c3c54)cc(-c2ccccc2)c1F. The average molecular weight is 1670 g/mol. The normalized spacial score (nSPS) is 11.4. The Hall–Kier alpha value is -16.4. The van der Waals surface area contributed by atoms with Crippen LogP contribution in [-0.2, 0) is 0 Å². The standard InChI is InChI=1S/C64H40F4N2.C52H32F4N2/c65-57-39-51(37-55(63(57)67)45-17-9-3-10-18-45)69(49-29-21-43(22-30-49)41-13-5-1-6-14-41)59-35-27-47-26-34-54-60(36-28-48-25-33-53(59)61(47)62(48)54)70(50-31-23-44(24-32-50)42-15-7-2-8-16-42)52-38-56(64(68)58(66)40-52)46-19-11-4-12-20-46;53-45-31-39(29-43(51(45)55)33-13-5-1-6-14-33)57(37-17-9-3-10-18-37)47-27-23-35-22-26-42-48(28-24-36-21-25-41(47)49(35)50(36)42)58(38-19-11-4-12-20-38)40-30-44(52(56)46(54)32-40)34-15-7-2-8-16-34/h1-40H;1-32H. The predicted molar refractivity (Wildman–Crippen MR) is 511 cm³/mol. The third-order valence-electron chi connectivity index (χ3n) is 24.1. The molecule has 0 radical (unpaired) electrons. The second kappa shape index (κ2) is 33.3. The minimum atomic E-state index is -0.964. The molecule has 0 aromatic heterocycles. The number of nitrogens with zero attached hydrogens (tertiary/aromatic N) is 4. The van der Waals surface area contributed by atoms with Gasteiger partial charge in [-0.1, -0.05) is 315 Å². The third kappa shape index (κ3) is 14.4. The van der Waals surface area contributed by atoms with Gasteiger partial charge in [-0.15, -0.1) is 0 Å². The Balaban J connectivity index is 0.000000158. The van der Waals surface area contributed by atoms with Crippen LogP contribution >= 0.6 is 0 Å². The maximum Gasteiger partial charge on any atom is 0.166 e. The molecule has 22 aromatic carbocycles. The molecule has 0 bridgehead atoms. The molecule has 12 heteroatoms. The van der Waals surface area contributed by atoms with E-state index in [1.165, 1.54) is 24.3 Å². The summed E-state index contributed by atoms with van der Waals surface area (Å²) in [7, 11) is 0. The molecule has 4 nitrogen and oxygen atoms in total. The Bertz CT molecular complexity index is 7410. The van der Waals surface area contributed by atoms with Crippen molar-refractivity contribution in [3.8, 4) is 66.8 Å². The molecule has 0 spiro atoms. The highest BCUT2D eigenvalue weighted by molar-refractivity contribution is 6.30. The molecule has 22 aromatic rings. The summed E-state index contributed by atoms with van der Waals surface area (Å²) < 4.78 is 126. The van der Waals surface area contributed by atoms with Crippen molar-refractivity contribution < 1.29 is 35.1 Å². The van der Waals surface area contributed by atoms with Crippen LogP contribution in [0.2, 0.25) is 0 Å². The first kappa shape index (κ1) is 78.8. The maximum absolute atomic E-state index is 16.1. The Morgan fingerprint density at radius 1 is 0.141 bits per heavy atom. The highest BCUT2D eigenvalue weighted by Crippen LogP contribution is 2.53. The number of benzene rings is 22. The average Bonchev–Trinajstić information content (AvgIpc) is 0.721. The van der Waals surface area contributed by atoms with Crippen molar-refractivity contribution in [1.29, 1.82) is 0 Å². The maximum atomic E-state index is 16.1. The molecular formula is C116H72F8N4. The van der Waals surface area contributed by atoms with Gasteiger partial charge in [-0.25, -0.2) is 35.1 Å². The van der Waals surface area contributed by atoms with Gasteiger partial charge in [0.25, 0.3) is 0 Å². The number of rotatable bonds is 18. The molecule has 0 heterocycles. The van der Waals surface area contributed by atoms with Gasteiger partial charge in [0.1, 0.15) is 0 Å². The molecule has 22 rings (SSSR count). The van der Waals surface area contributed by atoms with E-state index < -0.39 is 46.5 Å². The van der Waals surface area contributed by atoms with Gasteiger partial charge in [-0.05, 0) is 185 Å². The van der Waals surface area contributed by atoms with Crippen molar-refractivity contribution in [2.24, 2.45) is 0 Å². The largest absolute Gasteiger partial charge is 0.310 e. The van der Waals surface area contributed by atoms with E-state index in [0.29, 0.717) is 45.0 Å². The molecule has 128 heavy (non-hydrogen) atoms. The summed E-state index contributed by atoms with van der Waals surface area (Å²) in [5, 5.41) is 11.3. The molecular weight excluding hydrogens is 1600 g/mol.